The number of Topliss-reactive ketones (excluding diaryl/α,β-unsaturated/α-hetero) is 1. The molecule has 1 fully saturated rings. The summed E-state index contributed by atoms with van der Waals surface area (Å²) in [5.74, 6) is -0.137. The topological polar surface area (TPSA) is 40.9 Å². The molecule has 0 bridgehead atoms. The number of carbonyl (C=O) groups excluding carboxylic acids is 1. The lowest BCUT2D eigenvalue weighted by atomic mass is 9.85. The van der Waals surface area contributed by atoms with E-state index in [2.05, 4.69) is 0 Å². The first kappa shape index (κ1) is 4.32. The minimum absolute atomic E-state index is 0.113. The van der Waals surface area contributed by atoms with Crippen LogP contribution in [0, 0.1) is 17.2 Å². The standard InChI is InChI=1S/C5H5NO/c6-3-4-1-2-5(4)7/h4H,1-2H2. The van der Waals surface area contributed by atoms with Crippen molar-refractivity contribution in [3.8, 4) is 6.07 Å². The SMILES string of the molecule is N#CC1CCC1=O. The fourth-order valence-electron chi connectivity index (χ4n) is 0.543. The van der Waals surface area contributed by atoms with Crippen molar-refractivity contribution in [1.29, 1.82) is 5.26 Å². The third-order valence-corrected chi connectivity index (χ3v) is 1.22. The number of rotatable bonds is 0. The van der Waals surface area contributed by atoms with Gasteiger partial charge in [-0.3, -0.25) is 4.79 Å². The first-order valence-corrected chi connectivity index (χ1v) is 2.27. The molecule has 0 saturated heterocycles. The molecule has 0 heterocycles. The average molecular weight is 95.1 g/mol. The molecule has 0 amide bonds. The van der Waals surface area contributed by atoms with E-state index in [1.165, 1.54) is 0 Å². The van der Waals surface area contributed by atoms with E-state index >= 15 is 0 Å². The summed E-state index contributed by atoms with van der Waals surface area (Å²) in [7, 11) is 0. The van der Waals surface area contributed by atoms with Crippen LogP contribution in [-0.2, 0) is 4.79 Å². The molecule has 0 aliphatic heterocycles. The van der Waals surface area contributed by atoms with Gasteiger partial charge in [0.25, 0.3) is 0 Å². The minimum Gasteiger partial charge on any atom is -0.298 e. The van der Waals surface area contributed by atoms with Crippen LogP contribution < -0.4 is 0 Å². The van der Waals surface area contributed by atoms with E-state index in [-0.39, 0.29) is 11.7 Å². The van der Waals surface area contributed by atoms with Crippen LogP contribution in [0.1, 0.15) is 12.8 Å². The molecule has 2 nitrogen and oxygen atoms in total. The molecular weight excluding hydrogens is 90.1 g/mol. The molecular formula is C5H5NO. The summed E-state index contributed by atoms with van der Waals surface area (Å²) in [5, 5.41) is 8.09. The molecule has 1 saturated carbocycles. The average Bonchev–Trinajstić information content (AvgIpc) is 1.65. The molecule has 36 valence electrons. The summed E-state index contributed by atoms with van der Waals surface area (Å²) in [6.45, 7) is 0. The zero-order chi connectivity index (χ0) is 5.28. The molecule has 0 N–H and O–H groups in total. The molecule has 1 unspecified atom stereocenters. The molecule has 0 aromatic carbocycles. The highest BCUT2D eigenvalue weighted by Gasteiger charge is 2.26. The van der Waals surface area contributed by atoms with Crippen LogP contribution in [-0.4, -0.2) is 5.78 Å². The van der Waals surface area contributed by atoms with Gasteiger partial charge in [-0.15, -0.1) is 0 Å². The Kier molecular flexibility index (Phi) is 0.828. The summed E-state index contributed by atoms with van der Waals surface area (Å²) < 4.78 is 0. The molecule has 1 atom stereocenters. The zero-order valence-corrected chi connectivity index (χ0v) is 3.85. The van der Waals surface area contributed by atoms with Crippen molar-refractivity contribution in [2.75, 3.05) is 0 Å². The van der Waals surface area contributed by atoms with Crippen molar-refractivity contribution < 1.29 is 4.79 Å². The van der Waals surface area contributed by atoms with Crippen LogP contribution in [0.15, 0.2) is 0 Å². The Hall–Kier alpha value is -0.840. The molecule has 0 aromatic heterocycles. The highest BCUT2D eigenvalue weighted by atomic mass is 16.1. The van der Waals surface area contributed by atoms with Gasteiger partial charge in [0.2, 0.25) is 0 Å². The maximum atomic E-state index is 10.2. The molecule has 0 aromatic rings. The van der Waals surface area contributed by atoms with Crippen LogP contribution >= 0.6 is 0 Å². The summed E-state index contributed by atoms with van der Waals surface area (Å²) in [6, 6.07) is 1.90. The first-order chi connectivity index (χ1) is 3.34. The van der Waals surface area contributed by atoms with Crippen molar-refractivity contribution in [3.63, 3.8) is 0 Å². The predicted molar refractivity (Wildman–Crippen MR) is 23.3 cm³/mol. The Bertz CT molecular complexity index is 134. The second kappa shape index (κ2) is 1.34. The van der Waals surface area contributed by atoms with Crippen molar-refractivity contribution in [1.82, 2.24) is 0 Å². The van der Waals surface area contributed by atoms with Gasteiger partial charge in [0.1, 0.15) is 11.7 Å². The van der Waals surface area contributed by atoms with Gasteiger partial charge >= 0.3 is 0 Å². The number of nitrogens with zero attached hydrogens (tertiary/aromatic N) is 1. The van der Waals surface area contributed by atoms with Crippen molar-refractivity contribution in [2.45, 2.75) is 12.8 Å². The summed E-state index contributed by atoms with van der Waals surface area (Å²) in [6.07, 6.45) is 1.41. The summed E-state index contributed by atoms with van der Waals surface area (Å²) in [4.78, 5) is 10.2. The smallest absolute Gasteiger partial charge is 0.150 e. The second-order valence-corrected chi connectivity index (χ2v) is 1.69. The molecule has 2 heteroatoms. The quantitative estimate of drug-likeness (QED) is 0.439. The normalized spacial score (nSPS) is 28.4. The molecule has 0 radical (unpaired) electrons. The lowest BCUT2D eigenvalue weighted by molar-refractivity contribution is -0.126. The Morgan fingerprint density at radius 1 is 1.86 bits per heavy atom. The molecule has 1 aliphatic carbocycles. The number of carbonyl (C=O) groups is 1. The Morgan fingerprint density at radius 2 is 2.57 bits per heavy atom. The maximum absolute atomic E-state index is 10.2. The fourth-order valence-corrected chi connectivity index (χ4v) is 0.543. The monoisotopic (exact) mass is 95.0 g/mol. The van der Waals surface area contributed by atoms with Gasteiger partial charge in [-0.2, -0.15) is 5.26 Å². The van der Waals surface area contributed by atoms with Crippen LogP contribution in [0.25, 0.3) is 0 Å². The first-order valence-electron chi connectivity index (χ1n) is 2.27. The van der Waals surface area contributed by atoms with Crippen molar-refractivity contribution in [3.05, 3.63) is 0 Å². The van der Waals surface area contributed by atoms with Crippen LogP contribution in [0.5, 0.6) is 0 Å². The summed E-state index contributed by atoms with van der Waals surface area (Å²) in [5.41, 5.74) is 0. The highest BCUT2D eigenvalue weighted by Crippen LogP contribution is 2.20. The Balaban J connectivity index is 2.48. The van der Waals surface area contributed by atoms with E-state index in [0.29, 0.717) is 6.42 Å². The third-order valence-electron chi connectivity index (χ3n) is 1.22. The fraction of sp³-hybridized carbons (Fsp3) is 0.600. The van der Waals surface area contributed by atoms with E-state index in [4.69, 9.17) is 5.26 Å². The van der Waals surface area contributed by atoms with Crippen LogP contribution in [0.4, 0.5) is 0 Å². The number of hydrogen-bond donors (Lipinski definition) is 0. The molecule has 1 aliphatic rings. The van der Waals surface area contributed by atoms with Gasteiger partial charge in [0, 0.05) is 6.42 Å². The van der Waals surface area contributed by atoms with E-state index in [1.807, 2.05) is 6.07 Å². The number of hydrogen-bond acceptors (Lipinski definition) is 2. The van der Waals surface area contributed by atoms with E-state index in [9.17, 15) is 4.79 Å². The summed E-state index contributed by atoms with van der Waals surface area (Å²) >= 11 is 0. The Morgan fingerprint density at radius 3 is 2.57 bits per heavy atom. The van der Waals surface area contributed by atoms with Gasteiger partial charge < -0.3 is 0 Å². The minimum atomic E-state index is -0.250. The molecule has 1 rings (SSSR count). The van der Waals surface area contributed by atoms with Crippen molar-refractivity contribution in [2.24, 2.45) is 5.92 Å². The van der Waals surface area contributed by atoms with E-state index in [1.54, 1.807) is 0 Å². The van der Waals surface area contributed by atoms with Gasteiger partial charge in [-0.25, -0.2) is 0 Å². The number of ketones is 1. The molecule has 0 spiro atoms. The van der Waals surface area contributed by atoms with Gasteiger partial charge in [-0.1, -0.05) is 0 Å². The lowest BCUT2D eigenvalue weighted by Crippen LogP contribution is -2.23. The predicted octanol–water partition coefficient (Wildman–Crippen LogP) is 0.489. The van der Waals surface area contributed by atoms with E-state index < -0.39 is 0 Å². The van der Waals surface area contributed by atoms with Crippen LogP contribution in [0.2, 0.25) is 0 Å². The lowest BCUT2D eigenvalue weighted by Gasteiger charge is -2.14. The number of nitriles is 1. The van der Waals surface area contributed by atoms with Crippen LogP contribution in [0.3, 0.4) is 0 Å². The zero-order valence-electron chi connectivity index (χ0n) is 3.85. The Labute approximate surface area is 41.7 Å². The van der Waals surface area contributed by atoms with Crippen molar-refractivity contribution >= 4 is 5.78 Å². The molecule has 7 heavy (non-hydrogen) atoms. The third kappa shape index (κ3) is 0.499. The highest BCUT2D eigenvalue weighted by molar-refractivity contribution is 5.88. The largest absolute Gasteiger partial charge is 0.298 e. The maximum Gasteiger partial charge on any atom is 0.150 e. The van der Waals surface area contributed by atoms with Gasteiger partial charge in [0.15, 0.2) is 0 Å². The van der Waals surface area contributed by atoms with Gasteiger partial charge in [-0.05, 0) is 6.42 Å². The second-order valence-electron chi connectivity index (χ2n) is 1.69. The van der Waals surface area contributed by atoms with Gasteiger partial charge in [0.05, 0.1) is 6.07 Å². The van der Waals surface area contributed by atoms with E-state index in [0.717, 1.165) is 6.42 Å².